The maximum absolute atomic E-state index is 12.0. The Morgan fingerprint density at radius 3 is 2.59 bits per heavy atom. The lowest BCUT2D eigenvalue weighted by Crippen LogP contribution is -2.72. The smallest absolute Gasteiger partial charge is 0.126 e. The van der Waals surface area contributed by atoms with Gasteiger partial charge in [-0.1, -0.05) is 39.8 Å². The molecule has 3 spiro atoms. The van der Waals surface area contributed by atoms with Crippen LogP contribution in [0, 0.1) is 40.4 Å². The average molecular weight is 393 g/mol. The summed E-state index contributed by atoms with van der Waals surface area (Å²) in [6.45, 7) is 13.5. The van der Waals surface area contributed by atoms with Crippen molar-refractivity contribution in [3.8, 4) is 5.75 Å². The first kappa shape index (κ1) is 17.6. The lowest BCUT2D eigenvalue weighted by molar-refractivity contribution is -0.246. The van der Waals surface area contributed by atoms with Crippen molar-refractivity contribution in [2.45, 2.75) is 97.2 Å². The molecule has 29 heavy (non-hydrogen) atoms. The third-order valence-electron chi connectivity index (χ3n) is 11.8. The topological polar surface area (TPSA) is 29.5 Å². The molecule has 1 aliphatic heterocycles. The van der Waals surface area contributed by atoms with E-state index in [1.54, 1.807) is 11.1 Å². The Labute approximate surface area is 175 Å². The van der Waals surface area contributed by atoms with Crippen LogP contribution < -0.4 is 4.74 Å². The molecule has 2 heteroatoms. The van der Waals surface area contributed by atoms with Crippen molar-refractivity contribution in [2.24, 2.45) is 33.5 Å². The van der Waals surface area contributed by atoms with Gasteiger partial charge in [-0.15, -0.1) is 0 Å². The summed E-state index contributed by atoms with van der Waals surface area (Å²) in [5, 5.41) is 12.0. The van der Waals surface area contributed by atoms with Gasteiger partial charge in [0.15, 0.2) is 0 Å². The van der Waals surface area contributed by atoms with Gasteiger partial charge in [0.05, 0.1) is 5.60 Å². The fraction of sp³-hybridized carbons (Fsp3) is 0.778. The van der Waals surface area contributed by atoms with E-state index in [1.807, 2.05) is 0 Å². The average Bonchev–Trinajstić information content (AvgIpc) is 3.10. The zero-order valence-corrected chi connectivity index (χ0v) is 19.0. The third kappa shape index (κ3) is 1.50. The number of hydrogen-bond acceptors (Lipinski definition) is 2. The molecule has 0 amide bonds. The predicted octanol–water partition coefficient (Wildman–Crippen LogP) is 5.56. The molecule has 8 rings (SSSR count). The highest BCUT2D eigenvalue weighted by molar-refractivity contribution is 5.63. The highest BCUT2D eigenvalue weighted by atomic mass is 16.5. The van der Waals surface area contributed by atoms with Crippen LogP contribution in [0.5, 0.6) is 5.75 Å². The molecule has 7 aliphatic rings. The Hall–Kier alpha value is -1.02. The first-order chi connectivity index (χ1) is 13.4. The molecule has 156 valence electrons. The molecule has 2 nitrogen and oxygen atoms in total. The molecule has 5 unspecified atom stereocenters. The van der Waals surface area contributed by atoms with Crippen molar-refractivity contribution in [1.29, 1.82) is 0 Å². The van der Waals surface area contributed by atoms with Gasteiger partial charge in [0.2, 0.25) is 0 Å². The minimum atomic E-state index is -0.689. The minimum absolute atomic E-state index is 0.0383. The van der Waals surface area contributed by atoms with Gasteiger partial charge in [-0.3, -0.25) is 0 Å². The molecule has 0 aromatic heterocycles. The van der Waals surface area contributed by atoms with Gasteiger partial charge in [0.25, 0.3) is 0 Å². The summed E-state index contributed by atoms with van der Waals surface area (Å²) in [6, 6.07) is 4.74. The fourth-order valence-corrected chi connectivity index (χ4v) is 10.0. The molecule has 1 N–H and O–H groups in total. The van der Waals surface area contributed by atoms with E-state index in [1.165, 1.54) is 49.8 Å². The standard InChI is InChI=1S/C27H36O2/c1-15-7-8-16-11-25-12-18(25)26-10-9-23(5,17(13-26)24(6,28)22(2,3)4)21-27(26,14-25)19(16)20(15)29-21/h7-8,17-18,21,28H,9-14H2,1-6H3/t17?,18-,21?,23?,24?,25-,26?,27+/m1/s1. The highest BCUT2D eigenvalue weighted by Gasteiger charge is 2.88. The van der Waals surface area contributed by atoms with E-state index >= 15 is 0 Å². The number of rotatable bonds is 1. The van der Waals surface area contributed by atoms with Crippen LogP contribution in [-0.4, -0.2) is 16.8 Å². The summed E-state index contributed by atoms with van der Waals surface area (Å²) in [5.74, 6) is 2.38. The Balaban J connectivity index is 1.51. The van der Waals surface area contributed by atoms with Gasteiger partial charge in [0, 0.05) is 16.4 Å². The van der Waals surface area contributed by atoms with E-state index in [2.05, 4.69) is 53.7 Å². The summed E-state index contributed by atoms with van der Waals surface area (Å²) in [6.07, 6.45) is 8.06. The zero-order chi connectivity index (χ0) is 20.4. The van der Waals surface area contributed by atoms with Crippen LogP contribution in [0.15, 0.2) is 12.1 Å². The number of benzene rings is 1. The first-order valence-corrected chi connectivity index (χ1v) is 12.0. The van der Waals surface area contributed by atoms with Gasteiger partial charge in [0.1, 0.15) is 11.9 Å². The largest absolute Gasteiger partial charge is 0.488 e. The maximum atomic E-state index is 12.0. The second kappa shape index (κ2) is 4.31. The second-order valence-electron chi connectivity index (χ2n) is 13.5. The minimum Gasteiger partial charge on any atom is -0.488 e. The van der Waals surface area contributed by atoms with Gasteiger partial charge in [-0.05, 0) is 91.6 Å². The zero-order valence-electron chi connectivity index (χ0n) is 19.0. The van der Waals surface area contributed by atoms with Crippen molar-refractivity contribution in [3.63, 3.8) is 0 Å². The molecule has 0 saturated heterocycles. The number of aryl methyl sites for hydroxylation is 1. The number of hydrogen-bond donors (Lipinski definition) is 1. The Morgan fingerprint density at radius 2 is 1.86 bits per heavy atom. The van der Waals surface area contributed by atoms with E-state index in [4.69, 9.17) is 4.74 Å². The van der Waals surface area contributed by atoms with Gasteiger partial charge < -0.3 is 9.84 Å². The molecule has 4 bridgehead atoms. The number of fused-ring (bicyclic) bond motifs is 2. The van der Waals surface area contributed by atoms with E-state index in [0.717, 1.165) is 5.92 Å². The molecule has 1 aromatic rings. The van der Waals surface area contributed by atoms with Crippen LogP contribution in [0.25, 0.3) is 0 Å². The number of aliphatic hydroxyl groups is 1. The van der Waals surface area contributed by atoms with E-state index in [0.29, 0.717) is 16.7 Å². The summed E-state index contributed by atoms with van der Waals surface area (Å²) in [7, 11) is 0. The van der Waals surface area contributed by atoms with Crippen LogP contribution in [0.2, 0.25) is 0 Å². The summed E-state index contributed by atoms with van der Waals surface area (Å²) < 4.78 is 7.08. The van der Waals surface area contributed by atoms with Crippen LogP contribution in [0.3, 0.4) is 0 Å². The van der Waals surface area contributed by atoms with Crippen molar-refractivity contribution in [3.05, 3.63) is 28.8 Å². The van der Waals surface area contributed by atoms with Crippen LogP contribution in [0.1, 0.15) is 83.4 Å². The Bertz CT molecular complexity index is 985. The predicted molar refractivity (Wildman–Crippen MR) is 114 cm³/mol. The van der Waals surface area contributed by atoms with Crippen molar-refractivity contribution in [2.75, 3.05) is 0 Å². The normalized spacial score (nSPS) is 51.9. The quantitative estimate of drug-likeness (QED) is 0.678. The van der Waals surface area contributed by atoms with E-state index in [-0.39, 0.29) is 22.3 Å². The number of ether oxygens (including phenoxy) is 1. The van der Waals surface area contributed by atoms with Crippen LogP contribution in [-0.2, 0) is 11.8 Å². The molecular formula is C27H36O2. The van der Waals surface area contributed by atoms with Crippen molar-refractivity contribution in [1.82, 2.24) is 0 Å². The monoisotopic (exact) mass is 392 g/mol. The molecule has 8 atom stereocenters. The Morgan fingerprint density at radius 1 is 1.10 bits per heavy atom. The molecule has 5 saturated carbocycles. The second-order valence-corrected chi connectivity index (χ2v) is 13.5. The van der Waals surface area contributed by atoms with Crippen molar-refractivity contribution >= 4 is 0 Å². The lowest BCUT2D eigenvalue weighted by atomic mass is 9.35. The third-order valence-corrected chi connectivity index (χ3v) is 11.8. The summed E-state index contributed by atoms with van der Waals surface area (Å²) in [4.78, 5) is 0. The van der Waals surface area contributed by atoms with E-state index < -0.39 is 5.60 Å². The lowest BCUT2D eigenvalue weighted by Gasteiger charge is -2.70. The maximum Gasteiger partial charge on any atom is 0.126 e. The molecule has 5 fully saturated rings. The van der Waals surface area contributed by atoms with Crippen LogP contribution in [0.4, 0.5) is 0 Å². The molecule has 6 aliphatic carbocycles. The molecular weight excluding hydrogens is 356 g/mol. The summed E-state index contributed by atoms with van der Waals surface area (Å²) >= 11 is 0. The van der Waals surface area contributed by atoms with Gasteiger partial charge in [-0.2, -0.15) is 0 Å². The molecule has 1 heterocycles. The van der Waals surface area contributed by atoms with Crippen LogP contribution >= 0.6 is 0 Å². The highest BCUT2D eigenvalue weighted by Crippen LogP contribution is 2.91. The van der Waals surface area contributed by atoms with Gasteiger partial charge in [-0.25, -0.2) is 0 Å². The van der Waals surface area contributed by atoms with Crippen molar-refractivity contribution < 1.29 is 9.84 Å². The SMILES string of the molecule is Cc1ccc2c3c1OC1C4(C)CCC5(CC4C(C)(O)C(C)(C)C)[C@@H]4C[C@]4(C2)C[C@]315. The molecule has 1 aromatic carbocycles. The van der Waals surface area contributed by atoms with Gasteiger partial charge >= 0.3 is 0 Å². The first-order valence-electron chi connectivity index (χ1n) is 12.0. The Kier molecular flexibility index (Phi) is 2.62. The summed E-state index contributed by atoms with van der Waals surface area (Å²) in [5.41, 5.74) is 4.88. The fourth-order valence-electron chi connectivity index (χ4n) is 10.0. The van der Waals surface area contributed by atoms with E-state index in [9.17, 15) is 5.11 Å². The molecule has 0 radical (unpaired) electrons.